The zero-order valence-corrected chi connectivity index (χ0v) is 14.3. The van der Waals surface area contributed by atoms with E-state index in [0.29, 0.717) is 6.61 Å². The van der Waals surface area contributed by atoms with Gasteiger partial charge in [-0.3, -0.25) is 4.79 Å². The molecule has 0 aliphatic rings. The van der Waals surface area contributed by atoms with Gasteiger partial charge in [0.25, 0.3) is 0 Å². The average Bonchev–Trinajstić information content (AvgIpc) is 2.53. The molecule has 2 rings (SSSR count). The fraction of sp³-hybridized carbons (Fsp3) is 0.278. The van der Waals surface area contributed by atoms with E-state index in [4.69, 9.17) is 4.74 Å². The Morgan fingerprint density at radius 3 is 2.55 bits per heavy atom. The highest BCUT2D eigenvalue weighted by Gasteiger charge is 2.16. The Kier molecular flexibility index (Phi) is 6.16. The number of benzene rings is 2. The van der Waals surface area contributed by atoms with Crippen LogP contribution in [0.15, 0.2) is 59.1 Å². The van der Waals surface area contributed by atoms with Crippen molar-refractivity contribution in [3.05, 3.63) is 70.2 Å². The lowest BCUT2D eigenvalue weighted by Crippen LogP contribution is -2.36. The van der Waals surface area contributed by atoms with Crippen LogP contribution in [0.3, 0.4) is 0 Å². The molecule has 22 heavy (non-hydrogen) atoms. The van der Waals surface area contributed by atoms with E-state index in [1.165, 1.54) is 0 Å². The Morgan fingerprint density at radius 1 is 1.14 bits per heavy atom. The van der Waals surface area contributed by atoms with Gasteiger partial charge in [-0.15, -0.1) is 0 Å². The lowest BCUT2D eigenvalue weighted by atomic mass is 10.1. The van der Waals surface area contributed by atoms with Crippen LogP contribution in [0.4, 0.5) is 0 Å². The van der Waals surface area contributed by atoms with Crippen LogP contribution in [-0.2, 0) is 16.1 Å². The summed E-state index contributed by atoms with van der Waals surface area (Å²) in [5.41, 5.74) is 2.11. The van der Waals surface area contributed by atoms with Crippen LogP contribution in [0.2, 0.25) is 0 Å². The van der Waals surface area contributed by atoms with Crippen molar-refractivity contribution in [3.63, 3.8) is 0 Å². The minimum atomic E-state index is -0.491. The van der Waals surface area contributed by atoms with Crippen LogP contribution in [0.5, 0.6) is 0 Å². The van der Waals surface area contributed by atoms with E-state index < -0.39 is 6.10 Å². The van der Waals surface area contributed by atoms with E-state index in [2.05, 4.69) is 21.2 Å². The number of rotatable bonds is 6. The van der Waals surface area contributed by atoms with Gasteiger partial charge >= 0.3 is 0 Å². The minimum Gasteiger partial charge on any atom is -0.364 e. The van der Waals surface area contributed by atoms with Crippen molar-refractivity contribution in [2.75, 3.05) is 0 Å². The largest absolute Gasteiger partial charge is 0.364 e. The van der Waals surface area contributed by atoms with Gasteiger partial charge in [0.15, 0.2) is 0 Å². The summed E-state index contributed by atoms with van der Waals surface area (Å²) in [6, 6.07) is 17.7. The maximum atomic E-state index is 12.2. The molecule has 0 saturated heterocycles. The topological polar surface area (TPSA) is 38.3 Å². The van der Waals surface area contributed by atoms with Crippen LogP contribution in [-0.4, -0.2) is 12.0 Å². The lowest BCUT2D eigenvalue weighted by molar-refractivity contribution is -0.133. The standard InChI is InChI=1S/C18H20BrNO2/c1-13(16-9-6-10-17(19)11-16)20-18(21)14(2)22-12-15-7-4-3-5-8-15/h3-11,13-14H,12H2,1-2H3,(H,20,21)/t13-,14-/m1/s1. The van der Waals surface area contributed by atoms with Gasteiger partial charge in [0, 0.05) is 4.47 Å². The van der Waals surface area contributed by atoms with Crippen LogP contribution >= 0.6 is 15.9 Å². The quantitative estimate of drug-likeness (QED) is 0.835. The first-order valence-electron chi connectivity index (χ1n) is 7.27. The molecular weight excluding hydrogens is 342 g/mol. The summed E-state index contributed by atoms with van der Waals surface area (Å²) >= 11 is 3.44. The smallest absolute Gasteiger partial charge is 0.249 e. The number of hydrogen-bond acceptors (Lipinski definition) is 2. The molecule has 0 radical (unpaired) electrons. The first kappa shape index (κ1) is 16.7. The number of amides is 1. The summed E-state index contributed by atoms with van der Waals surface area (Å²) in [6.45, 7) is 4.16. The summed E-state index contributed by atoms with van der Waals surface area (Å²) in [7, 11) is 0. The molecule has 4 heteroatoms. The van der Waals surface area contributed by atoms with Crippen LogP contribution in [0, 0.1) is 0 Å². The molecule has 0 saturated carbocycles. The Labute approximate surface area is 139 Å². The van der Waals surface area contributed by atoms with Gasteiger partial charge in [0.05, 0.1) is 12.6 Å². The van der Waals surface area contributed by atoms with Crippen LogP contribution in [0.1, 0.15) is 31.0 Å². The second-order valence-electron chi connectivity index (χ2n) is 5.22. The van der Waals surface area contributed by atoms with E-state index in [1.807, 2.05) is 61.5 Å². The van der Waals surface area contributed by atoms with Gasteiger partial charge in [0.2, 0.25) is 5.91 Å². The predicted molar refractivity (Wildman–Crippen MR) is 91.4 cm³/mol. The molecule has 1 amide bonds. The first-order valence-corrected chi connectivity index (χ1v) is 8.07. The third-order valence-corrected chi connectivity index (χ3v) is 3.91. The molecule has 0 unspecified atom stereocenters. The molecule has 0 spiro atoms. The zero-order chi connectivity index (χ0) is 15.9. The van der Waals surface area contributed by atoms with Gasteiger partial charge in [-0.05, 0) is 37.1 Å². The number of carbonyl (C=O) groups excluding carboxylic acids is 1. The van der Waals surface area contributed by atoms with Crippen molar-refractivity contribution in [2.45, 2.75) is 32.6 Å². The van der Waals surface area contributed by atoms with Crippen molar-refractivity contribution in [1.82, 2.24) is 5.32 Å². The highest BCUT2D eigenvalue weighted by molar-refractivity contribution is 9.10. The molecule has 0 aliphatic heterocycles. The fourth-order valence-corrected chi connectivity index (χ4v) is 2.48. The van der Waals surface area contributed by atoms with Gasteiger partial charge in [0.1, 0.15) is 6.10 Å². The molecule has 0 bridgehead atoms. The normalized spacial score (nSPS) is 13.4. The number of nitrogens with one attached hydrogen (secondary N) is 1. The third-order valence-electron chi connectivity index (χ3n) is 3.42. The van der Waals surface area contributed by atoms with Gasteiger partial charge in [-0.1, -0.05) is 58.4 Å². The van der Waals surface area contributed by atoms with E-state index in [-0.39, 0.29) is 11.9 Å². The second kappa shape index (κ2) is 8.11. The molecule has 0 heterocycles. The van der Waals surface area contributed by atoms with Crippen molar-refractivity contribution in [2.24, 2.45) is 0 Å². The average molecular weight is 362 g/mol. The van der Waals surface area contributed by atoms with E-state index in [0.717, 1.165) is 15.6 Å². The number of hydrogen-bond donors (Lipinski definition) is 1. The minimum absolute atomic E-state index is 0.0622. The Bertz CT molecular complexity index is 615. The zero-order valence-electron chi connectivity index (χ0n) is 12.8. The summed E-state index contributed by atoms with van der Waals surface area (Å²) in [5.74, 6) is -0.108. The van der Waals surface area contributed by atoms with E-state index >= 15 is 0 Å². The van der Waals surface area contributed by atoms with Crippen molar-refractivity contribution in [3.8, 4) is 0 Å². The lowest BCUT2D eigenvalue weighted by Gasteiger charge is -2.18. The monoisotopic (exact) mass is 361 g/mol. The molecule has 3 nitrogen and oxygen atoms in total. The van der Waals surface area contributed by atoms with Gasteiger partial charge in [-0.2, -0.15) is 0 Å². The molecule has 0 aromatic heterocycles. The first-order chi connectivity index (χ1) is 10.6. The molecule has 0 fully saturated rings. The number of halogens is 1. The molecule has 1 N–H and O–H groups in total. The van der Waals surface area contributed by atoms with Crippen molar-refractivity contribution < 1.29 is 9.53 Å². The summed E-state index contributed by atoms with van der Waals surface area (Å²) in [4.78, 5) is 12.2. The SMILES string of the molecule is C[C@@H](OCc1ccccc1)C(=O)N[C@H](C)c1cccc(Br)c1. The predicted octanol–water partition coefficient (Wildman–Crippen LogP) is 4.23. The third kappa shape index (κ3) is 4.97. The molecule has 2 aromatic rings. The number of ether oxygens (including phenoxy) is 1. The van der Waals surface area contributed by atoms with Gasteiger partial charge < -0.3 is 10.1 Å². The van der Waals surface area contributed by atoms with E-state index in [1.54, 1.807) is 6.92 Å². The maximum absolute atomic E-state index is 12.2. The highest BCUT2D eigenvalue weighted by atomic mass is 79.9. The summed E-state index contributed by atoms with van der Waals surface area (Å²) in [6.07, 6.45) is -0.491. The fourth-order valence-electron chi connectivity index (χ4n) is 2.06. The Balaban J connectivity index is 1.85. The molecule has 2 atom stereocenters. The number of carbonyl (C=O) groups is 1. The highest BCUT2D eigenvalue weighted by Crippen LogP contribution is 2.18. The van der Waals surface area contributed by atoms with E-state index in [9.17, 15) is 4.79 Å². The molecule has 116 valence electrons. The van der Waals surface area contributed by atoms with Crippen LogP contribution < -0.4 is 5.32 Å². The Hall–Kier alpha value is -1.65. The molecule has 2 aromatic carbocycles. The summed E-state index contributed by atoms with van der Waals surface area (Å²) in [5, 5.41) is 2.97. The van der Waals surface area contributed by atoms with Crippen LogP contribution in [0.25, 0.3) is 0 Å². The van der Waals surface area contributed by atoms with Crippen molar-refractivity contribution in [1.29, 1.82) is 0 Å². The maximum Gasteiger partial charge on any atom is 0.249 e. The molecular formula is C18H20BrNO2. The second-order valence-corrected chi connectivity index (χ2v) is 6.14. The van der Waals surface area contributed by atoms with Gasteiger partial charge in [-0.25, -0.2) is 0 Å². The van der Waals surface area contributed by atoms with Crippen molar-refractivity contribution >= 4 is 21.8 Å². The summed E-state index contributed by atoms with van der Waals surface area (Å²) < 4.78 is 6.63. The molecule has 0 aliphatic carbocycles. The Morgan fingerprint density at radius 2 is 1.86 bits per heavy atom.